The second-order valence-electron chi connectivity index (χ2n) is 6.75. The van der Waals surface area contributed by atoms with Crippen molar-refractivity contribution in [1.82, 2.24) is 10.2 Å². The van der Waals surface area contributed by atoms with Crippen LogP contribution in [-0.2, 0) is 11.2 Å². The molecule has 4 nitrogen and oxygen atoms in total. The first kappa shape index (κ1) is 19.1. The molecule has 1 aliphatic heterocycles. The standard InChI is InChI=1S/C20H24BrFN2O2/c1-14-4-8-19(26-14)18(24-10-2-3-11-24)13-23-20(25)9-6-15-5-7-16(21)12-17(15)22/h4-5,7-8,12,18H,2-3,6,9-11,13H2,1H3,(H,23,25). The molecule has 0 aliphatic carbocycles. The third-order valence-corrected chi connectivity index (χ3v) is 5.29. The van der Waals surface area contributed by atoms with E-state index in [4.69, 9.17) is 4.42 Å². The van der Waals surface area contributed by atoms with E-state index in [1.807, 2.05) is 19.1 Å². The molecule has 1 aliphatic rings. The quantitative estimate of drug-likeness (QED) is 0.719. The van der Waals surface area contributed by atoms with Gasteiger partial charge in [0, 0.05) is 17.4 Å². The maximum absolute atomic E-state index is 13.9. The summed E-state index contributed by atoms with van der Waals surface area (Å²) in [7, 11) is 0. The van der Waals surface area contributed by atoms with Gasteiger partial charge in [-0.1, -0.05) is 22.0 Å². The summed E-state index contributed by atoms with van der Waals surface area (Å²) in [4.78, 5) is 14.6. The van der Waals surface area contributed by atoms with Crippen LogP contribution in [0.15, 0.2) is 39.2 Å². The molecule has 0 radical (unpaired) electrons. The monoisotopic (exact) mass is 422 g/mol. The summed E-state index contributed by atoms with van der Waals surface area (Å²) >= 11 is 3.24. The van der Waals surface area contributed by atoms with E-state index in [9.17, 15) is 9.18 Å². The predicted molar refractivity (Wildman–Crippen MR) is 102 cm³/mol. The highest BCUT2D eigenvalue weighted by Gasteiger charge is 2.26. The number of aryl methyl sites for hydroxylation is 2. The van der Waals surface area contributed by atoms with Gasteiger partial charge in [-0.25, -0.2) is 4.39 Å². The Bertz CT molecular complexity index is 756. The number of hydrogen-bond acceptors (Lipinski definition) is 3. The van der Waals surface area contributed by atoms with Gasteiger partial charge < -0.3 is 9.73 Å². The van der Waals surface area contributed by atoms with Crippen LogP contribution < -0.4 is 5.32 Å². The fraction of sp³-hybridized carbons (Fsp3) is 0.450. The first-order valence-corrected chi connectivity index (χ1v) is 9.83. The van der Waals surface area contributed by atoms with Crippen LogP contribution in [0.5, 0.6) is 0 Å². The Morgan fingerprint density at radius 3 is 2.73 bits per heavy atom. The van der Waals surface area contributed by atoms with Gasteiger partial charge in [-0.3, -0.25) is 9.69 Å². The molecule has 1 saturated heterocycles. The second kappa shape index (κ2) is 8.82. The fourth-order valence-corrected chi connectivity index (χ4v) is 3.70. The minimum absolute atomic E-state index is 0.0552. The molecule has 0 spiro atoms. The normalized spacial score (nSPS) is 16.0. The predicted octanol–water partition coefficient (Wildman–Crippen LogP) is 4.38. The maximum Gasteiger partial charge on any atom is 0.220 e. The third-order valence-electron chi connectivity index (χ3n) is 4.80. The average molecular weight is 423 g/mol. The zero-order valence-corrected chi connectivity index (χ0v) is 16.5. The lowest BCUT2D eigenvalue weighted by Gasteiger charge is -2.26. The summed E-state index contributed by atoms with van der Waals surface area (Å²) in [6.45, 7) is 4.47. The zero-order valence-electron chi connectivity index (χ0n) is 14.9. The van der Waals surface area contributed by atoms with Crippen molar-refractivity contribution in [2.24, 2.45) is 0 Å². The zero-order chi connectivity index (χ0) is 18.5. The topological polar surface area (TPSA) is 45.5 Å². The molecule has 0 bridgehead atoms. The maximum atomic E-state index is 13.9. The fourth-order valence-electron chi connectivity index (χ4n) is 3.37. The highest BCUT2D eigenvalue weighted by molar-refractivity contribution is 9.10. The Balaban J connectivity index is 1.55. The van der Waals surface area contributed by atoms with Gasteiger partial charge >= 0.3 is 0 Å². The van der Waals surface area contributed by atoms with Gasteiger partial charge in [-0.15, -0.1) is 0 Å². The molecule has 2 heterocycles. The number of hydrogen-bond donors (Lipinski definition) is 1. The van der Waals surface area contributed by atoms with Crippen LogP contribution >= 0.6 is 15.9 Å². The summed E-state index contributed by atoms with van der Waals surface area (Å²) in [6.07, 6.45) is 3.00. The molecule has 2 aromatic rings. The molecular weight excluding hydrogens is 399 g/mol. The van der Waals surface area contributed by atoms with E-state index in [2.05, 4.69) is 26.1 Å². The SMILES string of the molecule is Cc1ccc(C(CNC(=O)CCc2ccc(Br)cc2F)N2CCCC2)o1. The summed E-state index contributed by atoms with van der Waals surface area (Å²) in [5, 5.41) is 3.00. The van der Waals surface area contributed by atoms with Crippen molar-refractivity contribution in [2.45, 2.75) is 38.6 Å². The molecule has 6 heteroatoms. The van der Waals surface area contributed by atoms with Gasteiger partial charge in [0.2, 0.25) is 5.91 Å². The van der Waals surface area contributed by atoms with E-state index in [1.165, 1.54) is 18.9 Å². The van der Waals surface area contributed by atoms with E-state index in [0.29, 0.717) is 23.0 Å². The van der Waals surface area contributed by atoms with Gasteiger partial charge in [0.05, 0.1) is 6.04 Å². The van der Waals surface area contributed by atoms with Crippen LogP contribution in [-0.4, -0.2) is 30.4 Å². The van der Waals surface area contributed by atoms with Gasteiger partial charge in [0.25, 0.3) is 0 Å². The lowest BCUT2D eigenvalue weighted by atomic mass is 10.1. The number of carbonyl (C=O) groups excluding carboxylic acids is 1. The number of halogens is 2. The van der Waals surface area contributed by atoms with Crippen molar-refractivity contribution in [1.29, 1.82) is 0 Å². The molecule has 0 saturated carbocycles. The molecule has 1 amide bonds. The van der Waals surface area contributed by atoms with Gasteiger partial charge in [-0.2, -0.15) is 0 Å². The smallest absolute Gasteiger partial charge is 0.220 e. The lowest BCUT2D eigenvalue weighted by Crippen LogP contribution is -2.36. The second-order valence-corrected chi connectivity index (χ2v) is 7.66. The molecule has 1 N–H and O–H groups in total. The van der Waals surface area contributed by atoms with E-state index in [0.717, 1.165) is 24.6 Å². The van der Waals surface area contributed by atoms with Gasteiger partial charge in [0.15, 0.2) is 0 Å². The van der Waals surface area contributed by atoms with Crippen molar-refractivity contribution in [3.05, 3.63) is 57.7 Å². The Morgan fingerprint density at radius 2 is 2.08 bits per heavy atom. The molecule has 1 unspecified atom stereocenters. The number of amides is 1. The van der Waals surface area contributed by atoms with E-state index in [-0.39, 0.29) is 24.2 Å². The van der Waals surface area contributed by atoms with Crippen LogP contribution in [0, 0.1) is 12.7 Å². The first-order chi connectivity index (χ1) is 12.5. The van der Waals surface area contributed by atoms with Crippen molar-refractivity contribution >= 4 is 21.8 Å². The Hall–Kier alpha value is -1.66. The van der Waals surface area contributed by atoms with Crippen molar-refractivity contribution in [3.8, 4) is 0 Å². The minimum atomic E-state index is -0.284. The molecule has 3 rings (SSSR count). The largest absolute Gasteiger partial charge is 0.465 e. The van der Waals surface area contributed by atoms with E-state index >= 15 is 0 Å². The molecule has 140 valence electrons. The molecule has 1 aromatic carbocycles. The van der Waals surface area contributed by atoms with Crippen molar-refractivity contribution < 1.29 is 13.6 Å². The van der Waals surface area contributed by atoms with E-state index in [1.54, 1.807) is 12.1 Å². The summed E-state index contributed by atoms with van der Waals surface area (Å²) < 4.78 is 20.4. The number of rotatable bonds is 7. The lowest BCUT2D eigenvalue weighted by molar-refractivity contribution is -0.121. The Morgan fingerprint density at radius 1 is 1.31 bits per heavy atom. The van der Waals surface area contributed by atoms with E-state index < -0.39 is 0 Å². The number of nitrogens with one attached hydrogen (secondary N) is 1. The van der Waals surface area contributed by atoms with Gasteiger partial charge in [-0.05, 0) is 69.1 Å². The molecule has 26 heavy (non-hydrogen) atoms. The molecular formula is C20H24BrFN2O2. The third kappa shape index (κ3) is 4.95. The van der Waals surface area contributed by atoms with Crippen LogP contribution in [0.1, 0.15) is 42.4 Å². The summed E-state index contributed by atoms with van der Waals surface area (Å²) in [5.74, 6) is 1.41. The average Bonchev–Trinajstić information content (AvgIpc) is 3.27. The summed E-state index contributed by atoms with van der Waals surface area (Å²) in [5.41, 5.74) is 0.557. The Kier molecular flexibility index (Phi) is 6.48. The number of benzene rings is 1. The van der Waals surface area contributed by atoms with Crippen LogP contribution in [0.4, 0.5) is 4.39 Å². The summed E-state index contributed by atoms with van der Waals surface area (Å²) in [6, 6.07) is 8.93. The van der Waals surface area contributed by atoms with Gasteiger partial charge in [0.1, 0.15) is 17.3 Å². The molecule has 1 atom stereocenters. The minimum Gasteiger partial charge on any atom is -0.465 e. The first-order valence-electron chi connectivity index (χ1n) is 9.04. The van der Waals surface area contributed by atoms with Crippen LogP contribution in [0.25, 0.3) is 0 Å². The van der Waals surface area contributed by atoms with Crippen LogP contribution in [0.2, 0.25) is 0 Å². The van der Waals surface area contributed by atoms with Crippen molar-refractivity contribution in [2.75, 3.05) is 19.6 Å². The van der Waals surface area contributed by atoms with Crippen molar-refractivity contribution in [3.63, 3.8) is 0 Å². The van der Waals surface area contributed by atoms with Crippen LogP contribution in [0.3, 0.4) is 0 Å². The molecule has 1 aromatic heterocycles. The highest BCUT2D eigenvalue weighted by atomic mass is 79.9. The highest BCUT2D eigenvalue weighted by Crippen LogP contribution is 2.26. The number of likely N-dealkylation sites (tertiary alicyclic amines) is 1. The number of furan rings is 1. The number of nitrogens with zero attached hydrogens (tertiary/aromatic N) is 1. The molecule has 1 fully saturated rings. The Labute approximate surface area is 161 Å². The number of carbonyl (C=O) groups is 1.